The van der Waals surface area contributed by atoms with E-state index in [0.717, 1.165) is 11.3 Å². The van der Waals surface area contributed by atoms with Gasteiger partial charge in [-0.05, 0) is 19.8 Å². The number of carboxylic acid groups (broad SMARTS) is 1. The minimum atomic E-state index is -3.83. The van der Waals surface area contributed by atoms with Crippen LogP contribution in [0.5, 0.6) is 0 Å². The van der Waals surface area contributed by atoms with Crippen LogP contribution in [0.15, 0.2) is 4.21 Å². The summed E-state index contributed by atoms with van der Waals surface area (Å²) in [7, 11) is -3.83. The first-order valence-electron chi connectivity index (χ1n) is 5.34. The van der Waals surface area contributed by atoms with Crippen LogP contribution in [0.3, 0.4) is 0 Å². The fourth-order valence-electron chi connectivity index (χ4n) is 1.45. The van der Waals surface area contributed by atoms with E-state index in [-0.39, 0.29) is 10.1 Å². The smallest absolute Gasteiger partial charge is 0.322 e. The minimum absolute atomic E-state index is 0.0758. The summed E-state index contributed by atoms with van der Waals surface area (Å²) in [5.41, 5.74) is 0.387. The van der Waals surface area contributed by atoms with Crippen LogP contribution < -0.4 is 4.72 Å². The first-order valence-corrected chi connectivity index (χ1v) is 7.64. The van der Waals surface area contributed by atoms with Gasteiger partial charge < -0.3 is 5.11 Å². The van der Waals surface area contributed by atoms with E-state index in [1.807, 2.05) is 0 Å². The van der Waals surface area contributed by atoms with E-state index in [4.69, 9.17) is 5.11 Å². The summed E-state index contributed by atoms with van der Waals surface area (Å²) < 4.78 is 26.4. The molecule has 1 atom stereocenters. The van der Waals surface area contributed by atoms with Crippen molar-refractivity contribution in [3.63, 3.8) is 0 Å². The Kier molecular flexibility index (Phi) is 4.46. The van der Waals surface area contributed by atoms with Gasteiger partial charge in [-0.3, -0.25) is 4.79 Å². The Morgan fingerprint density at radius 3 is 2.28 bits per heavy atom. The molecule has 1 aromatic rings. The maximum atomic E-state index is 12.1. The molecular formula is C10H16N2O4S2. The Morgan fingerprint density at radius 1 is 1.39 bits per heavy atom. The van der Waals surface area contributed by atoms with Crippen LogP contribution in [-0.2, 0) is 14.8 Å². The quantitative estimate of drug-likeness (QED) is 0.848. The van der Waals surface area contributed by atoms with Gasteiger partial charge in [-0.2, -0.15) is 4.72 Å². The molecule has 0 aliphatic carbocycles. The number of carboxylic acids is 1. The fourth-order valence-corrected chi connectivity index (χ4v) is 4.29. The molecule has 102 valence electrons. The lowest BCUT2D eigenvalue weighted by Gasteiger charge is -2.17. The standard InChI is InChI=1S/C10H16N2O4S2/c1-5(2)8(9(13)14)12-18(15,16)10-6(3)11-7(4)17-10/h5,8,12H,1-4H3,(H,13,14). The number of nitrogens with zero attached hydrogens (tertiary/aromatic N) is 1. The van der Waals surface area contributed by atoms with Crippen molar-refractivity contribution in [3.05, 3.63) is 10.7 Å². The number of hydrogen-bond acceptors (Lipinski definition) is 5. The summed E-state index contributed by atoms with van der Waals surface area (Å²) in [4.78, 5) is 15.0. The SMILES string of the molecule is Cc1nc(C)c(S(=O)(=O)NC(C(=O)O)C(C)C)s1. The second-order valence-corrected chi connectivity index (χ2v) is 7.40. The molecule has 0 aliphatic heterocycles. The summed E-state index contributed by atoms with van der Waals surface area (Å²) in [6.45, 7) is 6.58. The molecule has 0 saturated carbocycles. The number of sulfonamides is 1. The summed E-state index contributed by atoms with van der Waals surface area (Å²) in [5, 5.41) is 9.62. The third-order valence-electron chi connectivity index (χ3n) is 2.32. The third kappa shape index (κ3) is 3.27. The van der Waals surface area contributed by atoms with E-state index in [1.165, 1.54) is 0 Å². The van der Waals surface area contributed by atoms with Gasteiger partial charge in [0.1, 0.15) is 6.04 Å². The van der Waals surface area contributed by atoms with Crippen molar-refractivity contribution in [2.75, 3.05) is 0 Å². The normalized spacial score (nSPS) is 13.8. The van der Waals surface area contributed by atoms with Gasteiger partial charge >= 0.3 is 5.97 Å². The Balaban J connectivity index is 3.08. The molecule has 2 N–H and O–H groups in total. The zero-order chi connectivity index (χ0) is 14.1. The van der Waals surface area contributed by atoms with Gasteiger partial charge in [0.2, 0.25) is 0 Å². The second kappa shape index (κ2) is 5.33. The van der Waals surface area contributed by atoms with Crippen molar-refractivity contribution >= 4 is 27.3 Å². The third-order valence-corrected chi connectivity index (χ3v) is 5.44. The lowest BCUT2D eigenvalue weighted by Crippen LogP contribution is -2.44. The Morgan fingerprint density at radius 2 is 1.94 bits per heavy atom. The molecule has 1 rings (SSSR count). The topological polar surface area (TPSA) is 96.4 Å². The molecule has 1 unspecified atom stereocenters. The number of hydrogen-bond donors (Lipinski definition) is 2. The Labute approximate surface area is 110 Å². The van der Waals surface area contributed by atoms with E-state index >= 15 is 0 Å². The molecule has 8 heteroatoms. The zero-order valence-electron chi connectivity index (χ0n) is 10.6. The van der Waals surface area contributed by atoms with Crippen molar-refractivity contribution in [2.24, 2.45) is 5.92 Å². The van der Waals surface area contributed by atoms with Gasteiger partial charge in [0, 0.05) is 0 Å². The van der Waals surface area contributed by atoms with Crippen LogP contribution in [0.1, 0.15) is 24.5 Å². The molecule has 0 amide bonds. The van der Waals surface area contributed by atoms with Gasteiger partial charge in [0.15, 0.2) is 4.21 Å². The van der Waals surface area contributed by atoms with Gasteiger partial charge in [0.05, 0.1) is 10.7 Å². The molecule has 0 bridgehead atoms. The first-order chi connectivity index (χ1) is 8.15. The Bertz CT molecular complexity index is 548. The highest BCUT2D eigenvalue weighted by Gasteiger charge is 2.30. The van der Waals surface area contributed by atoms with E-state index in [2.05, 4.69) is 9.71 Å². The molecule has 0 fully saturated rings. The summed E-state index contributed by atoms with van der Waals surface area (Å²) in [5.74, 6) is -1.53. The molecule has 6 nitrogen and oxygen atoms in total. The minimum Gasteiger partial charge on any atom is -0.480 e. The van der Waals surface area contributed by atoms with Crippen LogP contribution in [-0.4, -0.2) is 30.5 Å². The van der Waals surface area contributed by atoms with Crippen molar-refractivity contribution in [3.8, 4) is 0 Å². The molecule has 0 radical (unpaired) electrons. The van der Waals surface area contributed by atoms with Crippen LogP contribution >= 0.6 is 11.3 Å². The van der Waals surface area contributed by atoms with Crippen molar-refractivity contribution in [1.29, 1.82) is 0 Å². The molecule has 0 aromatic carbocycles. The van der Waals surface area contributed by atoms with Crippen molar-refractivity contribution < 1.29 is 18.3 Å². The van der Waals surface area contributed by atoms with Crippen LogP contribution in [0.4, 0.5) is 0 Å². The number of carbonyl (C=O) groups is 1. The zero-order valence-corrected chi connectivity index (χ0v) is 12.2. The Hall–Kier alpha value is -0.990. The number of aromatic nitrogens is 1. The predicted octanol–water partition coefficient (Wildman–Crippen LogP) is 1.15. The highest BCUT2D eigenvalue weighted by atomic mass is 32.2. The average Bonchev–Trinajstić information content (AvgIpc) is 2.54. The molecule has 0 aliphatic rings. The molecule has 18 heavy (non-hydrogen) atoms. The highest BCUT2D eigenvalue weighted by molar-refractivity contribution is 7.91. The van der Waals surface area contributed by atoms with E-state index in [1.54, 1.807) is 27.7 Å². The second-order valence-electron chi connectivity index (χ2n) is 4.29. The fraction of sp³-hybridized carbons (Fsp3) is 0.600. The van der Waals surface area contributed by atoms with E-state index in [0.29, 0.717) is 10.7 Å². The monoisotopic (exact) mass is 292 g/mol. The summed E-state index contributed by atoms with van der Waals surface area (Å²) in [6.07, 6.45) is 0. The lowest BCUT2D eigenvalue weighted by molar-refractivity contribution is -0.140. The van der Waals surface area contributed by atoms with Crippen molar-refractivity contribution in [1.82, 2.24) is 9.71 Å². The summed E-state index contributed by atoms with van der Waals surface area (Å²) >= 11 is 1.03. The van der Waals surface area contributed by atoms with E-state index in [9.17, 15) is 13.2 Å². The first kappa shape index (κ1) is 15.1. The van der Waals surface area contributed by atoms with Crippen LogP contribution in [0.2, 0.25) is 0 Å². The van der Waals surface area contributed by atoms with Crippen LogP contribution in [0, 0.1) is 19.8 Å². The van der Waals surface area contributed by atoms with Gasteiger partial charge in [0.25, 0.3) is 10.0 Å². The van der Waals surface area contributed by atoms with Crippen molar-refractivity contribution in [2.45, 2.75) is 37.9 Å². The van der Waals surface area contributed by atoms with Crippen LogP contribution in [0.25, 0.3) is 0 Å². The highest BCUT2D eigenvalue weighted by Crippen LogP contribution is 2.23. The number of aryl methyl sites for hydroxylation is 2. The molecule has 1 aromatic heterocycles. The lowest BCUT2D eigenvalue weighted by atomic mass is 10.1. The molecule has 0 saturated heterocycles. The number of nitrogens with one attached hydrogen (secondary N) is 1. The summed E-state index contributed by atoms with van der Waals surface area (Å²) in [6, 6.07) is -1.14. The average molecular weight is 292 g/mol. The molecular weight excluding hydrogens is 276 g/mol. The van der Waals surface area contributed by atoms with Gasteiger partial charge in [-0.25, -0.2) is 13.4 Å². The predicted molar refractivity (Wildman–Crippen MR) is 68.2 cm³/mol. The van der Waals surface area contributed by atoms with E-state index < -0.39 is 22.0 Å². The number of aliphatic carboxylic acids is 1. The number of rotatable bonds is 5. The maximum absolute atomic E-state index is 12.1. The van der Waals surface area contributed by atoms with Gasteiger partial charge in [-0.1, -0.05) is 13.8 Å². The largest absolute Gasteiger partial charge is 0.480 e. The number of thiazole rings is 1. The van der Waals surface area contributed by atoms with Gasteiger partial charge in [-0.15, -0.1) is 11.3 Å². The molecule has 0 spiro atoms. The molecule has 1 heterocycles. The maximum Gasteiger partial charge on any atom is 0.322 e.